The minimum Gasteiger partial charge on any atom is -0.497 e. The molecule has 28 heavy (non-hydrogen) atoms. The number of ether oxygens (including phenoxy) is 2. The van der Waals surface area contributed by atoms with Crippen molar-refractivity contribution in [3.8, 4) is 5.75 Å². The molecule has 2 saturated heterocycles. The summed E-state index contributed by atoms with van der Waals surface area (Å²) in [6.45, 7) is 6.36. The average molecular weight is 422 g/mol. The summed E-state index contributed by atoms with van der Waals surface area (Å²) in [4.78, 5) is 18.0. The maximum Gasteiger partial charge on any atom is 0.412 e. The van der Waals surface area contributed by atoms with Gasteiger partial charge in [0.25, 0.3) is 0 Å². The Morgan fingerprint density at radius 2 is 2.14 bits per heavy atom. The molecule has 1 N–H and O–H groups in total. The maximum absolute atomic E-state index is 12.6. The van der Waals surface area contributed by atoms with Crippen molar-refractivity contribution in [1.82, 2.24) is 15.1 Å². The minimum atomic E-state index is -0.503. The molecule has 1 aromatic carbocycles. The third-order valence-electron chi connectivity index (χ3n) is 5.40. The van der Waals surface area contributed by atoms with Crippen molar-refractivity contribution < 1.29 is 14.3 Å². The number of amides is 1. The first-order chi connectivity index (χ1) is 13.3. The lowest BCUT2D eigenvalue weighted by atomic mass is 10.0. The van der Waals surface area contributed by atoms with E-state index in [0.29, 0.717) is 12.6 Å². The zero-order valence-electron chi connectivity index (χ0n) is 16.7. The van der Waals surface area contributed by atoms with Crippen molar-refractivity contribution in [2.75, 3.05) is 19.4 Å². The van der Waals surface area contributed by atoms with Crippen molar-refractivity contribution >= 4 is 35.2 Å². The Morgan fingerprint density at radius 3 is 2.86 bits per heavy atom. The monoisotopic (exact) mass is 421 g/mol. The van der Waals surface area contributed by atoms with E-state index >= 15 is 0 Å². The normalized spacial score (nSPS) is 26.6. The van der Waals surface area contributed by atoms with Crippen LogP contribution in [0, 0.1) is 0 Å². The van der Waals surface area contributed by atoms with Crippen LogP contribution in [-0.4, -0.2) is 64.3 Å². The second kappa shape index (κ2) is 7.30. The molecule has 1 amide bonds. The first-order valence-corrected chi connectivity index (χ1v) is 11.0. The number of methoxy groups -OCH3 is 1. The molecule has 0 saturated carbocycles. The topological polar surface area (TPSA) is 54.0 Å². The number of carbonyl (C=O) groups is 1. The first kappa shape index (κ1) is 19.6. The van der Waals surface area contributed by atoms with E-state index < -0.39 is 5.60 Å². The van der Waals surface area contributed by atoms with Gasteiger partial charge >= 0.3 is 6.09 Å². The molecule has 3 heterocycles. The summed E-state index contributed by atoms with van der Waals surface area (Å²) >= 11 is 7.54. The molecule has 3 aliphatic rings. The quantitative estimate of drug-likeness (QED) is 0.736. The van der Waals surface area contributed by atoms with Gasteiger partial charge in [-0.1, -0.05) is 0 Å². The number of fused-ring (bicyclic) bond motifs is 2. The molecule has 152 valence electrons. The fourth-order valence-electron chi connectivity index (χ4n) is 4.22. The molecule has 6 nitrogen and oxygen atoms in total. The Hall–Kier alpha value is -1.67. The summed E-state index contributed by atoms with van der Waals surface area (Å²) in [6.07, 6.45) is 1.43. The van der Waals surface area contributed by atoms with Crippen LogP contribution in [-0.2, 0) is 11.2 Å². The number of benzene rings is 1. The average Bonchev–Trinajstić information content (AvgIpc) is 3.16. The molecule has 3 atom stereocenters. The highest BCUT2D eigenvalue weighted by atomic mass is 32.2. The van der Waals surface area contributed by atoms with Crippen LogP contribution < -0.4 is 10.1 Å². The lowest BCUT2D eigenvalue weighted by molar-refractivity contribution is 0.0207. The molecule has 3 aliphatic heterocycles. The van der Waals surface area contributed by atoms with Crippen molar-refractivity contribution in [1.29, 1.82) is 0 Å². The van der Waals surface area contributed by atoms with Crippen molar-refractivity contribution in [3.05, 3.63) is 23.8 Å². The van der Waals surface area contributed by atoms with Gasteiger partial charge in [0.2, 0.25) is 0 Å². The Bertz CT molecular complexity index is 795. The molecule has 8 heteroatoms. The lowest BCUT2D eigenvalue weighted by Gasteiger charge is -2.35. The van der Waals surface area contributed by atoms with Crippen LogP contribution in [0.2, 0.25) is 0 Å². The van der Waals surface area contributed by atoms with Gasteiger partial charge < -0.3 is 19.7 Å². The van der Waals surface area contributed by atoms with E-state index in [1.54, 1.807) is 12.0 Å². The molecule has 0 spiro atoms. The molecule has 1 aromatic rings. The van der Waals surface area contributed by atoms with Crippen molar-refractivity contribution in [2.24, 2.45) is 0 Å². The van der Waals surface area contributed by atoms with Gasteiger partial charge in [0.05, 0.1) is 13.2 Å². The Kier molecular flexibility index (Phi) is 5.12. The zero-order valence-corrected chi connectivity index (χ0v) is 18.4. The summed E-state index contributed by atoms with van der Waals surface area (Å²) in [5.74, 6) is 1.87. The summed E-state index contributed by atoms with van der Waals surface area (Å²) in [5, 5.41) is 4.11. The summed E-state index contributed by atoms with van der Waals surface area (Å²) < 4.78 is 11.0. The molecule has 0 radical (unpaired) electrons. The van der Waals surface area contributed by atoms with Gasteiger partial charge in [-0.2, -0.15) is 0 Å². The van der Waals surface area contributed by atoms with Gasteiger partial charge in [-0.3, -0.25) is 4.90 Å². The van der Waals surface area contributed by atoms with Crippen molar-refractivity contribution in [2.45, 2.75) is 62.4 Å². The minimum absolute atomic E-state index is 0.112. The number of nitrogens with zero attached hydrogens (tertiary/aromatic N) is 2. The number of likely N-dealkylation sites (tertiary alicyclic amines) is 1. The number of hydrogen-bond acceptors (Lipinski definition) is 5. The molecule has 0 aliphatic carbocycles. The third-order valence-corrected chi connectivity index (χ3v) is 6.99. The molecule has 2 fully saturated rings. The molecule has 0 aromatic heterocycles. The predicted molar refractivity (Wildman–Crippen MR) is 114 cm³/mol. The number of hydrogen-bond donors (Lipinski definition) is 1. The van der Waals surface area contributed by atoms with Crippen LogP contribution in [0.1, 0.15) is 32.8 Å². The van der Waals surface area contributed by atoms with E-state index in [1.165, 1.54) is 10.5 Å². The summed E-state index contributed by atoms with van der Waals surface area (Å²) in [7, 11) is 1.70. The van der Waals surface area contributed by atoms with Crippen LogP contribution in [0.4, 0.5) is 4.79 Å². The van der Waals surface area contributed by atoms with E-state index in [0.717, 1.165) is 29.5 Å². The smallest absolute Gasteiger partial charge is 0.412 e. The van der Waals surface area contributed by atoms with E-state index in [2.05, 4.69) is 22.3 Å². The fourth-order valence-corrected chi connectivity index (χ4v) is 5.76. The van der Waals surface area contributed by atoms with Gasteiger partial charge in [0.15, 0.2) is 5.11 Å². The SMILES string of the molecule is COc1ccc2c(c1)CC(N1C(=S)NC3C1CCN3C(=O)OC(C)(C)C)CS2. The first-order valence-electron chi connectivity index (χ1n) is 9.65. The molecule has 0 bridgehead atoms. The number of nitrogens with one attached hydrogen (secondary N) is 1. The number of thiocarbonyl (C=S) groups is 1. The molecular formula is C20H27N3O3S2. The highest BCUT2D eigenvalue weighted by Crippen LogP contribution is 2.38. The second-order valence-corrected chi connectivity index (χ2v) is 9.92. The highest BCUT2D eigenvalue weighted by Gasteiger charge is 2.50. The van der Waals surface area contributed by atoms with Crippen LogP contribution >= 0.6 is 24.0 Å². The van der Waals surface area contributed by atoms with Crippen LogP contribution in [0.5, 0.6) is 5.75 Å². The van der Waals surface area contributed by atoms with E-state index in [-0.39, 0.29) is 18.3 Å². The van der Waals surface area contributed by atoms with Crippen LogP contribution in [0.25, 0.3) is 0 Å². The lowest BCUT2D eigenvalue weighted by Crippen LogP contribution is -2.48. The zero-order chi connectivity index (χ0) is 20.1. The van der Waals surface area contributed by atoms with Crippen LogP contribution in [0.3, 0.4) is 0 Å². The Labute approximate surface area is 175 Å². The summed E-state index contributed by atoms with van der Waals surface area (Å²) in [5.41, 5.74) is 0.797. The molecular weight excluding hydrogens is 394 g/mol. The molecule has 3 unspecified atom stereocenters. The van der Waals surface area contributed by atoms with Gasteiger partial charge in [-0.15, -0.1) is 11.8 Å². The number of carbonyl (C=O) groups excluding carboxylic acids is 1. The van der Waals surface area contributed by atoms with Gasteiger partial charge in [0, 0.05) is 23.2 Å². The Balaban J connectivity index is 1.50. The highest BCUT2D eigenvalue weighted by molar-refractivity contribution is 7.99. The standard InChI is InChI=1S/C20H27N3O3S2/c1-20(2,3)26-19(24)22-8-7-15-17(22)21-18(27)23(15)13-9-12-10-14(25-4)5-6-16(12)28-11-13/h5-6,10,13,15,17H,7-9,11H2,1-4H3,(H,21,27). The third kappa shape index (κ3) is 3.64. The maximum atomic E-state index is 12.6. The second-order valence-electron chi connectivity index (χ2n) is 8.47. The largest absolute Gasteiger partial charge is 0.497 e. The van der Waals surface area contributed by atoms with Gasteiger partial charge in [0.1, 0.15) is 17.5 Å². The van der Waals surface area contributed by atoms with Gasteiger partial charge in [-0.25, -0.2) is 4.79 Å². The number of thioether (sulfide) groups is 1. The van der Waals surface area contributed by atoms with E-state index in [1.807, 2.05) is 38.6 Å². The van der Waals surface area contributed by atoms with Gasteiger partial charge in [-0.05, 0) is 69.6 Å². The molecule has 4 rings (SSSR count). The predicted octanol–water partition coefficient (Wildman–Crippen LogP) is 3.24. The number of rotatable bonds is 2. The van der Waals surface area contributed by atoms with Crippen LogP contribution in [0.15, 0.2) is 23.1 Å². The van der Waals surface area contributed by atoms with E-state index in [4.69, 9.17) is 21.7 Å². The fraction of sp³-hybridized carbons (Fsp3) is 0.600. The Morgan fingerprint density at radius 1 is 1.36 bits per heavy atom. The van der Waals surface area contributed by atoms with E-state index in [9.17, 15) is 4.79 Å². The van der Waals surface area contributed by atoms with Crippen molar-refractivity contribution in [3.63, 3.8) is 0 Å². The summed E-state index contributed by atoms with van der Waals surface area (Å²) in [6, 6.07) is 6.77.